The van der Waals surface area contributed by atoms with Crippen LogP contribution in [0.4, 0.5) is 24.5 Å². The second-order valence-corrected chi connectivity index (χ2v) is 9.73. The van der Waals surface area contributed by atoms with Crippen LogP contribution in [-0.2, 0) is 16.0 Å². The molecule has 0 fully saturated rings. The predicted molar refractivity (Wildman–Crippen MR) is 124 cm³/mol. The average Bonchev–Trinajstić information content (AvgIpc) is 3.16. The zero-order chi connectivity index (χ0) is 26.3. The third-order valence-corrected chi connectivity index (χ3v) is 5.89. The number of fused-ring (bicyclic) bond motifs is 1. The highest BCUT2D eigenvalue weighted by Gasteiger charge is 2.31. The number of amides is 2. The second-order valence-electron chi connectivity index (χ2n) is 7.41. The quantitative estimate of drug-likeness (QED) is 0.349. The molecule has 0 unspecified atom stereocenters. The molecule has 4 rings (SSSR count). The molecular formula is C22H14ClF3N4O5S. The van der Waals surface area contributed by atoms with E-state index in [0.29, 0.717) is 0 Å². The molecule has 0 radical (unpaired) electrons. The number of nitrogens with one attached hydrogen (secondary N) is 2. The van der Waals surface area contributed by atoms with E-state index in [1.54, 1.807) is 12.1 Å². The summed E-state index contributed by atoms with van der Waals surface area (Å²) in [5.74, 6) is -2.35. The molecule has 0 atom stereocenters. The van der Waals surface area contributed by atoms with Crippen LogP contribution in [0.15, 0.2) is 64.3 Å². The maximum atomic E-state index is 13.0. The molecule has 36 heavy (non-hydrogen) atoms. The lowest BCUT2D eigenvalue weighted by molar-refractivity contribution is -0.137. The van der Waals surface area contributed by atoms with Crippen LogP contribution >= 0.6 is 11.6 Å². The van der Waals surface area contributed by atoms with Crippen molar-refractivity contribution in [2.24, 2.45) is 0 Å². The van der Waals surface area contributed by atoms with E-state index in [2.05, 4.69) is 20.6 Å². The molecule has 14 heteroatoms. The van der Waals surface area contributed by atoms with Gasteiger partial charge in [-0.1, -0.05) is 29.8 Å². The number of hydrogen-bond donors (Lipinski definition) is 2. The fourth-order valence-electron chi connectivity index (χ4n) is 3.15. The maximum absolute atomic E-state index is 13.0. The summed E-state index contributed by atoms with van der Waals surface area (Å²) in [6, 6.07) is 10.2. The Morgan fingerprint density at radius 2 is 1.75 bits per heavy atom. The van der Waals surface area contributed by atoms with Gasteiger partial charge < -0.3 is 15.1 Å². The van der Waals surface area contributed by atoms with E-state index in [-0.39, 0.29) is 27.4 Å². The highest BCUT2D eigenvalue weighted by atomic mass is 35.5. The number of hydrogen-bond acceptors (Lipinski definition) is 7. The zero-order valence-electron chi connectivity index (χ0n) is 18.1. The van der Waals surface area contributed by atoms with Crippen LogP contribution in [0.1, 0.15) is 26.6 Å². The minimum absolute atomic E-state index is 0.129. The molecule has 186 valence electrons. The van der Waals surface area contributed by atoms with Crippen LogP contribution in [-0.4, -0.2) is 36.5 Å². The lowest BCUT2D eigenvalue weighted by Gasteiger charge is -2.10. The Morgan fingerprint density at radius 1 is 1.03 bits per heavy atom. The molecule has 2 aromatic heterocycles. The highest BCUT2D eigenvalue weighted by molar-refractivity contribution is 7.90. The van der Waals surface area contributed by atoms with Gasteiger partial charge in [-0.25, -0.2) is 18.4 Å². The van der Waals surface area contributed by atoms with Gasteiger partial charge in [-0.15, -0.1) is 0 Å². The molecule has 9 nitrogen and oxygen atoms in total. The summed E-state index contributed by atoms with van der Waals surface area (Å²) in [4.78, 5) is 33.2. The minimum atomic E-state index is -4.62. The van der Waals surface area contributed by atoms with Crippen molar-refractivity contribution in [3.63, 3.8) is 0 Å². The van der Waals surface area contributed by atoms with Crippen molar-refractivity contribution >= 4 is 55.6 Å². The molecule has 4 aromatic rings. The predicted octanol–water partition coefficient (Wildman–Crippen LogP) is 4.80. The first kappa shape index (κ1) is 25.1. The average molecular weight is 539 g/mol. The standard InChI is InChI=1S/C22H14ClF3N4O5S/c1-36(33,34)21-27-10-14(23)17(30-21)19(31)29-16-13-7-2-3-8-15(13)35-18(16)20(32)28-12-6-4-5-11(9-12)22(24,25)26/h2-10H,1H3,(H,28,32)(H,29,31). The number of halogens is 4. The van der Waals surface area contributed by atoms with Crippen molar-refractivity contribution in [2.75, 3.05) is 16.9 Å². The molecule has 2 N–H and O–H groups in total. The number of sulfone groups is 1. The summed E-state index contributed by atoms with van der Waals surface area (Å²) in [5, 5.41) is 4.12. The second kappa shape index (κ2) is 9.24. The van der Waals surface area contributed by atoms with Crippen molar-refractivity contribution in [1.29, 1.82) is 0 Å². The number of aromatic nitrogens is 2. The third-order valence-electron chi connectivity index (χ3n) is 4.76. The first-order chi connectivity index (χ1) is 16.8. The van der Waals surface area contributed by atoms with Gasteiger partial charge in [-0.05, 0) is 30.3 Å². The number of rotatable bonds is 5. The largest absolute Gasteiger partial charge is 0.449 e. The molecule has 2 heterocycles. The van der Waals surface area contributed by atoms with Crippen LogP contribution in [0, 0.1) is 0 Å². The van der Waals surface area contributed by atoms with Crippen LogP contribution in [0.25, 0.3) is 11.0 Å². The number of nitrogens with zero attached hydrogens (tertiary/aromatic N) is 2. The SMILES string of the molecule is CS(=O)(=O)c1ncc(Cl)c(C(=O)Nc2c(C(=O)Nc3cccc(C(F)(F)F)c3)oc3ccccc23)n1. The Balaban J connectivity index is 1.72. The number of benzene rings is 2. The van der Waals surface area contributed by atoms with Gasteiger partial charge in [0.25, 0.3) is 11.8 Å². The molecule has 0 spiro atoms. The van der Waals surface area contributed by atoms with Gasteiger partial charge in [-0.2, -0.15) is 13.2 Å². The summed E-state index contributed by atoms with van der Waals surface area (Å²) >= 11 is 5.99. The van der Waals surface area contributed by atoms with E-state index in [4.69, 9.17) is 16.0 Å². The molecule has 0 aliphatic carbocycles. The van der Waals surface area contributed by atoms with Gasteiger partial charge in [0.15, 0.2) is 5.69 Å². The molecule has 2 amide bonds. The number of para-hydroxylation sites is 1. The molecule has 0 aliphatic rings. The van der Waals surface area contributed by atoms with Crippen molar-refractivity contribution in [3.05, 3.63) is 76.8 Å². The van der Waals surface area contributed by atoms with E-state index >= 15 is 0 Å². The normalized spacial score (nSPS) is 11.9. The van der Waals surface area contributed by atoms with Crippen LogP contribution in [0.3, 0.4) is 0 Å². The first-order valence-electron chi connectivity index (χ1n) is 9.88. The Hall–Kier alpha value is -3.97. The van der Waals surface area contributed by atoms with Crippen LogP contribution in [0.2, 0.25) is 5.02 Å². The molecule has 0 saturated carbocycles. The van der Waals surface area contributed by atoms with Gasteiger partial charge in [-0.3, -0.25) is 9.59 Å². The van der Waals surface area contributed by atoms with E-state index in [1.807, 2.05) is 0 Å². The molecule has 0 aliphatic heterocycles. The number of anilines is 2. The first-order valence-corrected chi connectivity index (χ1v) is 12.2. The summed E-state index contributed by atoms with van der Waals surface area (Å²) in [6.07, 6.45) is -2.84. The van der Waals surface area contributed by atoms with Gasteiger partial charge in [0.05, 0.1) is 16.8 Å². The highest BCUT2D eigenvalue weighted by Crippen LogP contribution is 2.34. The monoisotopic (exact) mass is 538 g/mol. The Bertz CT molecular complexity index is 1620. The molecule has 0 saturated heterocycles. The van der Waals surface area contributed by atoms with Crippen LogP contribution in [0.5, 0.6) is 0 Å². The van der Waals surface area contributed by atoms with Gasteiger partial charge >= 0.3 is 6.18 Å². The van der Waals surface area contributed by atoms with E-state index < -0.39 is 50.0 Å². The summed E-state index contributed by atoms with van der Waals surface area (Å²) in [6.45, 7) is 0. The number of carbonyl (C=O) groups excluding carboxylic acids is 2. The summed E-state index contributed by atoms with van der Waals surface area (Å²) in [7, 11) is -3.87. The van der Waals surface area contributed by atoms with Crippen LogP contribution < -0.4 is 10.6 Å². The van der Waals surface area contributed by atoms with E-state index in [9.17, 15) is 31.2 Å². The van der Waals surface area contributed by atoms with Gasteiger partial charge in [0, 0.05) is 17.3 Å². The van der Waals surface area contributed by atoms with Crippen molar-refractivity contribution < 1.29 is 35.6 Å². The Labute approximate surface area is 206 Å². The summed E-state index contributed by atoms with van der Waals surface area (Å²) in [5.41, 5.74) is -1.56. The number of carbonyl (C=O) groups is 2. The topological polar surface area (TPSA) is 131 Å². The molecular weight excluding hydrogens is 525 g/mol. The van der Waals surface area contributed by atoms with Gasteiger partial charge in [0.2, 0.25) is 20.8 Å². The fraction of sp³-hybridized carbons (Fsp3) is 0.0909. The number of furan rings is 1. The summed E-state index contributed by atoms with van der Waals surface area (Å²) < 4.78 is 68.2. The smallest absolute Gasteiger partial charge is 0.416 e. The molecule has 0 bridgehead atoms. The minimum Gasteiger partial charge on any atom is -0.449 e. The van der Waals surface area contributed by atoms with Crippen molar-refractivity contribution in [3.8, 4) is 0 Å². The Morgan fingerprint density at radius 3 is 2.44 bits per heavy atom. The lowest BCUT2D eigenvalue weighted by atomic mass is 10.2. The lowest BCUT2D eigenvalue weighted by Crippen LogP contribution is -2.20. The maximum Gasteiger partial charge on any atom is 0.416 e. The van der Waals surface area contributed by atoms with Gasteiger partial charge in [0.1, 0.15) is 11.3 Å². The Kier molecular flexibility index (Phi) is 6.45. The van der Waals surface area contributed by atoms with Crippen molar-refractivity contribution in [2.45, 2.75) is 11.3 Å². The zero-order valence-corrected chi connectivity index (χ0v) is 19.6. The van der Waals surface area contributed by atoms with Crippen molar-refractivity contribution in [1.82, 2.24) is 9.97 Å². The van der Waals surface area contributed by atoms with E-state index in [1.165, 1.54) is 18.2 Å². The third kappa shape index (κ3) is 5.16. The molecule has 2 aromatic carbocycles. The fourth-order valence-corrected chi connectivity index (χ4v) is 3.83. The number of alkyl halides is 3. The van der Waals surface area contributed by atoms with E-state index in [0.717, 1.165) is 30.7 Å².